The summed E-state index contributed by atoms with van der Waals surface area (Å²) in [7, 11) is -4.43. The van der Waals surface area contributed by atoms with Crippen LogP contribution in [0.5, 0.6) is 0 Å². The number of halogens is 2. The van der Waals surface area contributed by atoms with Crippen LogP contribution in [0.2, 0.25) is 0 Å². The van der Waals surface area contributed by atoms with Gasteiger partial charge in [-0.1, -0.05) is 18.2 Å². The second kappa shape index (κ2) is 8.33. The summed E-state index contributed by atoms with van der Waals surface area (Å²) in [5, 5.41) is 3.32. The maximum atomic E-state index is 15.0. The maximum absolute atomic E-state index is 15.0. The molecule has 1 atom stereocenters. The van der Waals surface area contributed by atoms with E-state index in [2.05, 4.69) is 15.0 Å². The zero-order valence-electron chi connectivity index (χ0n) is 18.0. The van der Waals surface area contributed by atoms with E-state index in [1.165, 1.54) is 10.1 Å². The number of pyridine rings is 1. The van der Waals surface area contributed by atoms with E-state index >= 15 is 4.39 Å². The summed E-state index contributed by atoms with van der Waals surface area (Å²) in [4.78, 5) is 15.7. The second-order valence-corrected chi connectivity index (χ2v) is 9.69. The van der Waals surface area contributed by atoms with Crippen LogP contribution in [0.3, 0.4) is 0 Å². The van der Waals surface area contributed by atoms with Crippen LogP contribution in [0.25, 0.3) is 11.1 Å². The molecule has 34 heavy (non-hydrogen) atoms. The van der Waals surface area contributed by atoms with Gasteiger partial charge in [-0.3, -0.25) is 9.29 Å². The van der Waals surface area contributed by atoms with Crippen LogP contribution in [0.15, 0.2) is 62.8 Å². The van der Waals surface area contributed by atoms with Gasteiger partial charge in [0, 0.05) is 18.7 Å². The molecular weight excluding hydrogens is 466 g/mol. The average Bonchev–Trinajstić information content (AvgIpc) is 3.13. The number of benzene rings is 2. The fraction of sp³-hybridized carbons (Fsp3) is 0.217. The van der Waals surface area contributed by atoms with Gasteiger partial charge in [0.05, 0.1) is 17.8 Å². The van der Waals surface area contributed by atoms with Crippen LogP contribution in [-0.4, -0.2) is 24.5 Å². The molecule has 5 rings (SSSR count). The fourth-order valence-electron chi connectivity index (χ4n) is 4.31. The molecule has 0 saturated heterocycles. The molecule has 8 nitrogen and oxygen atoms in total. The molecule has 4 aromatic rings. The quantitative estimate of drug-likeness (QED) is 0.448. The Bertz CT molecular complexity index is 1560. The van der Waals surface area contributed by atoms with E-state index < -0.39 is 38.4 Å². The van der Waals surface area contributed by atoms with Gasteiger partial charge in [0.15, 0.2) is 5.58 Å². The van der Waals surface area contributed by atoms with E-state index in [0.29, 0.717) is 6.54 Å². The molecule has 2 aromatic carbocycles. The predicted octanol–water partition coefficient (Wildman–Crippen LogP) is 3.32. The van der Waals surface area contributed by atoms with Crippen LogP contribution in [0.1, 0.15) is 29.7 Å². The summed E-state index contributed by atoms with van der Waals surface area (Å²) in [6.45, 7) is 3.33. The number of fused-ring (bicyclic) bond motifs is 2. The Morgan fingerprint density at radius 2 is 2.03 bits per heavy atom. The lowest BCUT2D eigenvalue weighted by molar-refractivity contribution is 0.486. The van der Waals surface area contributed by atoms with Crippen molar-refractivity contribution >= 4 is 26.9 Å². The SMILES string of the molecule is C[C@H](c1cccc2c1CNCC2)n1c(=O)oc2cc(S(=O)(=O)Nc3ccc(F)cn3)c(F)cc21. The predicted molar refractivity (Wildman–Crippen MR) is 121 cm³/mol. The fourth-order valence-corrected chi connectivity index (χ4v) is 5.39. The molecule has 1 aliphatic rings. The normalized spacial score (nSPS) is 14.7. The topological polar surface area (TPSA) is 106 Å². The van der Waals surface area contributed by atoms with E-state index in [0.717, 1.165) is 54.6 Å². The molecule has 0 saturated carbocycles. The Labute approximate surface area is 193 Å². The molecular formula is C23H20F2N4O4S. The zero-order valence-corrected chi connectivity index (χ0v) is 18.8. The number of nitrogens with zero attached hydrogens (tertiary/aromatic N) is 2. The Balaban J connectivity index is 1.57. The molecule has 1 aliphatic heterocycles. The molecule has 2 N–H and O–H groups in total. The highest BCUT2D eigenvalue weighted by Gasteiger charge is 2.26. The number of nitrogens with one attached hydrogen (secondary N) is 2. The largest absolute Gasteiger partial charge is 0.420 e. The summed E-state index contributed by atoms with van der Waals surface area (Å²) >= 11 is 0. The molecule has 176 valence electrons. The van der Waals surface area contributed by atoms with Gasteiger partial charge in [0.1, 0.15) is 22.3 Å². The molecule has 0 unspecified atom stereocenters. The van der Waals surface area contributed by atoms with Crippen molar-refractivity contribution in [1.29, 1.82) is 0 Å². The summed E-state index contributed by atoms with van der Waals surface area (Å²) in [5.41, 5.74) is 3.22. The minimum atomic E-state index is -4.43. The highest BCUT2D eigenvalue weighted by atomic mass is 32.2. The van der Waals surface area contributed by atoms with Gasteiger partial charge in [-0.15, -0.1) is 0 Å². The van der Waals surface area contributed by atoms with Gasteiger partial charge in [-0.25, -0.2) is 27.0 Å². The Morgan fingerprint density at radius 3 is 2.79 bits per heavy atom. The van der Waals surface area contributed by atoms with E-state index in [1.807, 2.05) is 25.1 Å². The Kier molecular flexibility index (Phi) is 5.45. The molecule has 0 bridgehead atoms. The Hall–Kier alpha value is -3.57. The molecule has 0 amide bonds. The van der Waals surface area contributed by atoms with Gasteiger partial charge >= 0.3 is 5.76 Å². The molecule has 3 heterocycles. The van der Waals surface area contributed by atoms with Crippen LogP contribution < -0.4 is 15.8 Å². The van der Waals surface area contributed by atoms with Gasteiger partial charge in [0.25, 0.3) is 10.0 Å². The highest BCUT2D eigenvalue weighted by molar-refractivity contribution is 7.92. The first-order valence-corrected chi connectivity index (χ1v) is 12.0. The van der Waals surface area contributed by atoms with E-state index in [1.54, 1.807) is 0 Å². The lowest BCUT2D eigenvalue weighted by Crippen LogP contribution is -2.27. The summed E-state index contributed by atoms with van der Waals surface area (Å²) in [5.74, 6) is -2.63. The van der Waals surface area contributed by atoms with E-state index in [-0.39, 0.29) is 16.9 Å². The maximum Gasteiger partial charge on any atom is 0.420 e. The van der Waals surface area contributed by atoms with Crippen molar-refractivity contribution in [3.8, 4) is 0 Å². The number of oxazole rings is 1. The summed E-state index contributed by atoms with van der Waals surface area (Å²) in [6.07, 6.45) is 1.69. The smallest absolute Gasteiger partial charge is 0.408 e. The first kappa shape index (κ1) is 22.2. The van der Waals surface area contributed by atoms with Gasteiger partial charge < -0.3 is 9.73 Å². The average molecular weight is 487 g/mol. The lowest BCUT2D eigenvalue weighted by atomic mass is 9.92. The molecule has 0 radical (unpaired) electrons. The van der Waals surface area contributed by atoms with Crippen LogP contribution in [0.4, 0.5) is 14.6 Å². The van der Waals surface area contributed by atoms with Crippen molar-refractivity contribution in [3.05, 3.63) is 87.5 Å². The minimum Gasteiger partial charge on any atom is -0.408 e. The first-order valence-electron chi connectivity index (χ1n) is 10.5. The minimum absolute atomic E-state index is 0.0754. The summed E-state index contributed by atoms with van der Waals surface area (Å²) < 4.78 is 62.3. The number of hydrogen-bond acceptors (Lipinski definition) is 6. The third kappa shape index (κ3) is 3.86. The highest BCUT2D eigenvalue weighted by Crippen LogP contribution is 2.30. The monoisotopic (exact) mass is 486 g/mol. The first-order chi connectivity index (χ1) is 16.2. The van der Waals surface area contributed by atoms with Gasteiger partial charge in [-0.05, 0) is 48.7 Å². The molecule has 0 aliphatic carbocycles. The van der Waals surface area contributed by atoms with Crippen molar-refractivity contribution in [3.63, 3.8) is 0 Å². The van der Waals surface area contributed by atoms with Crippen LogP contribution in [-0.2, 0) is 23.0 Å². The second-order valence-electron chi connectivity index (χ2n) is 8.04. The molecule has 11 heteroatoms. The third-order valence-corrected chi connectivity index (χ3v) is 7.31. The van der Waals surface area contributed by atoms with Crippen molar-refractivity contribution in [2.45, 2.75) is 30.8 Å². The number of sulfonamides is 1. The number of hydrogen-bond donors (Lipinski definition) is 2. The summed E-state index contributed by atoms with van der Waals surface area (Å²) in [6, 6.07) is 9.45. The van der Waals surface area contributed by atoms with Gasteiger partial charge in [-0.2, -0.15) is 0 Å². The van der Waals surface area contributed by atoms with Crippen molar-refractivity contribution in [1.82, 2.24) is 14.9 Å². The standard InChI is InChI=1S/C23H20F2N4O4S/c1-13(16-4-2-3-14-7-8-26-12-17(14)16)29-19-9-18(25)21(10-20(19)33-23(29)30)34(31,32)28-22-6-5-15(24)11-27-22/h2-6,9-11,13,26H,7-8,12H2,1H3,(H,27,28)/t13-/m1/s1. The number of rotatable bonds is 5. The van der Waals surface area contributed by atoms with Crippen molar-refractivity contribution in [2.24, 2.45) is 0 Å². The molecule has 0 fully saturated rings. The van der Waals surface area contributed by atoms with Crippen LogP contribution in [0, 0.1) is 11.6 Å². The van der Waals surface area contributed by atoms with E-state index in [4.69, 9.17) is 4.42 Å². The number of anilines is 1. The van der Waals surface area contributed by atoms with Crippen molar-refractivity contribution < 1.29 is 21.6 Å². The Morgan fingerprint density at radius 1 is 1.21 bits per heavy atom. The number of aromatic nitrogens is 2. The third-order valence-electron chi connectivity index (χ3n) is 5.94. The lowest BCUT2D eigenvalue weighted by Gasteiger charge is -2.24. The molecule has 2 aromatic heterocycles. The van der Waals surface area contributed by atoms with Gasteiger partial charge in [0.2, 0.25) is 0 Å². The molecule has 0 spiro atoms. The van der Waals surface area contributed by atoms with Crippen molar-refractivity contribution in [2.75, 3.05) is 11.3 Å². The van der Waals surface area contributed by atoms with Crippen LogP contribution >= 0.6 is 0 Å². The zero-order chi connectivity index (χ0) is 24.0. The van der Waals surface area contributed by atoms with E-state index in [9.17, 15) is 17.6 Å².